The van der Waals surface area contributed by atoms with Crippen LogP contribution in [0.1, 0.15) is 37.3 Å². The van der Waals surface area contributed by atoms with Gasteiger partial charge >= 0.3 is 6.18 Å². The number of aromatic nitrogens is 5. The zero-order chi connectivity index (χ0) is 23.2. The third-order valence-electron chi connectivity index (χ3n) is 5.75. The van der Waals surface area contributed by atoms with E-state index in [0.29, 0.717) is 36.9 Å². The number of amides is 1. The van der Waals surface area contributed by atoms with Crippen molar-refractivity contribution in [1.82, 2.24) is 25.2 Å². The summed E-state index contributed by atoms with van der Waals surface area (Å²) >= 11 is 6.11. The molecule has 5 rings (SSSR count). The summed E-state index contributed by atoms with van der Waals surface area (Å²) < 4.78 is 40.6. The number of rotatable bonds is 5. The van der Waals surface area contributed by atoms with Crippen molar-refractivity contribution < 1.29 is 18.0 Å². The first-order chi connectivity index (χ1) is 15.8. The zero-order valence-corrected chi connectivity index (χ0v) is 18.0. The molecule has 3 heterocycles. The molecule has 2 aliphatic rings. The minimum atomic E-state index is -4.54. The van der Waals surface area contributed by atoms with Crippen LogP contribution in [0.15, 0.2) is 36.5 Å². The molecule has 1 amide bonds. The van der Waals surface area contributed by atoms with Gasteiger partial charge in [0.1, 0.15) is 11.9 Å². The van der Waals surface area contributed by atoms with E-state index in [1.807, 2.05) is 6.07 Å². The highest BCUT2D eigenvalue weighted by Crippen LogP contribution is 2.37. The van der Waals surface area contributed by atoms with Gasteiger partial charge in [-0.2, -0.15) is 13.2 Å². The van der Waals surface area contributed by atoms with Crippen LogP contribution in [0.2, 0.25) is 5.02 Å². The van der Waals surface area contributed by atoms with Gasteiger partial charge in [-0.05, 0) is 54.3 Å². The average molecular weight is 478 g/mol. The Labute approximate surface area is 191 Å². The number of tetrazole rings is 1. The number of hydrogen-bond donors (Lipinski definition) is 1. The highest BCUT2D eigenvalue weighted by Gasteiger charge is 2.36. The molecule has 3 aromatic rings. The monoisotopic (exact) mass is 477 g/mol. The third-order valence-corrected chi connectivity index (χ3v) is 6.03. The molecule has 1 atom stereocenters. The van der Waals surface area contributed by atoms with E-state index in [4.69, 9.17) is 11.6 Å². The van der Waals surface area contributed by atoms with E-state index in [2.05, 4.69) is 25.8 Å². The fourth-order valence-corrected chi connectivity index (χ4v) is 4.28. The van der Waals surface area contributed by atoms with Crippen LogP contribution in [-0.4, -0.2) is 43.7 Å². The van der Waals surface area contributed by atoms with Gasteiger partial charge in [-0.1, -0.05) is 23.7 Å². The molecular weight excluding hydrogens is 459 g/mol. The molecule has 33 heavy (non-hydrogen) atoms. The molecule has 172 valence electrons. The van der Waals surface area contributed by atoms with Gasteiger partial charge < -0.3 is 10.2 Å². The maximum Gasteiger partial charge on any atom is 0.417 e. The highest BCUT2D eigenvalue weighted by atomic mass is 35.5. The van der Waals surface area contributed by atoms with Crippen LogP contribution in [0.4, 0.5) is 24.7 Å². The molecule has 8 nitrogen and oxygen atoms in total. The van der Waals surface area contributed by atoms with E-state index in [9.17, 15) is 18.0 Å². The lowest BCUT2D eigenvalue weighted by Gasteiger charge is -2.26. The van der Waals surface area contributed by atoms with Gasteiger partial charge in [0.25, 0.3) is 0 Å². The Bertz CT molecular complexity index is 1190. The number of hydrogen-bond acceptors (Lipinski definition) is 6. The quantitative estimate of drug-likeness (QED) is 0.587. The van der Waals surface area contributed by atoms with Crippen molar-refractivity contribution in [3.05, 3.63) is 47.1 Å². The third kappa shape index (κ3) is 4.37. The van der Waals surface area contributed by atoms with Crippen molar-refractivity contribution in [2.75, 3.05) is 16.8 Å². The predicted octanol–water partition coefficient (Wildman–Crippen LogP) is 4.35. The first-order valence-corrected chi connectivity index (χ1v) is 10.9. The summed E-state index contributed by atoms with van der Waals surface area (Å²) in [6.45, 7) is 0.465. The molecule has 2 aromatic heterocycles. The second-order valence-electron chi connectivity index (χ2n) is 8.13. The lowest BCUT2D eigenvalue weighted by molar-refractivity contribution is -0.137. The summed E-state index contributed by atoms with van der Waals surface area (Å²) in [7, 11) is 0. The number of anilines is 2. The number of carbonyl (C=O) groups is 1. The van der Waals surface area contributed by atoms with Crippen LogP contribution in [0.5, 0.6) is 0 Å². The van der Waals surface area contributed by atoms with Crippen molar-refractivity contribution in [2.45, 2.75) is 43.9 Å². The molecule has 1 aliphatic heterocycles. The van der Waals surface area contributed by atoms with E-state index in [1.165, 1.54) is 0 Å². The highest BCUT2D eigenvalue weighted by molar-refractivity contribution is 6.33. The van der Waals surface area contributed by atoms with Crippen LogP contribution in [0.25, 0.3) is 11.4 Å². The lowest BCUT2D eigenvalue weighted by atomic mass is 10.1. The maximum atomic E-state index is 13.1. The Balaban J connectivity index is 1.34. The second kappa shape index (κ2) is 8.29. The molecule has 0 bridgehead atoms. The van der Waals surface area contributed by atoms with Gasteiger partial charge in [0.2, 0.25) is 5.91 Å². The first-order valence-electron chi connectivity index (χ1n) is 10.5. The minimum absolute atomic E-state index is 0.140. The van der Waals surface area contributed by atoms with E-state index < -0.39 is 17.8 Å². The molecule has 0 spiro atoms. The molecule has 1 N–H and O–H groups in total. The van der Waals surface area contributed by atoms with Crippen LogP contribution in [0, 0.1) is 0 Å². The number of benzene rings is 1. The van der Waals surface area contributed by atoms with Gasteiger partial charge in [0.15, 0.2) is 5.82 Å². The van der Waals surface area contributed by atoms with Crippen LogP contribution >= 0.6 is 11.6 Å². The summed E-state index contributed by atoms with van der Waals surface area (Å²) in [5, 5.41) is 14.7. The Morgan fingerprint density at radius 1 is 1.18 bits per heavy atom. The van der Waals surface area contributed by atoms with Crippen LogP contribution in [-0.2, 0) is 11.0 Å². The Morgan fingerprint density at radius 3 is 2.73 bits per heavy atom. The average Bonchev–Trinajstić information content (AvgIpc) is 3.30. The number of nitrogens with one attached hydrogen (secondary N) is 1. The van der Waals surface area contributed by atoms with E-state index in [0.717, 1.165) is 30.7 Å². The van der Waals surface area contributed by atoms with Crippen molar-refractivity contribution in [1.29, 1.82) is 0 Å². The topological polar surface area (TPSA) is 88.8 Å². The number of halogens is 4. The SMILES string of the molecule is O=C(Nc1cccc(-c2nnnn2C2CC2)c1)[C@H]1CCCN1c1ncc(C(F)(F)F)cc1Cl. The summed E-state index contributed by atoms with van der Waals surface area (Å²) in [6, 6.07) is 7.77. The minimum Gasteiger partial charge on any atom is -0.343 e. The van der Waals surface area contributed by atoms with E-state index >= 15 is 0 Å². The summed E-state index contributed by atoms with van der Waals surface area (Å²) in [4.78, 5) is 18.6. The van der Waals surface area contributed by atoms with E-state index in [-0.39, 0.29) is 16.7 Å². The number of nitrogens with zero attached hydrogens (tertiary/aromatic N) is 6. The Morgan fingerprint density at radius 2 is 2.00 bits per heavy atom. The maximum absolute atomic E-state index is 13.1. The predicted molar refractivity (Wildman–Crippen MR) is 115 cm³/mol. The zero-order valence-electron chi connectivity index (χ0n) is 17.3. The van der Waals surface area contributed by atoms with Crippen LogP contribution < -0.4 is 10.2 Å². The molecule has 1 saturated carbocycles. The van der Waals surface area contributed by atoms with Crippen molar-refractivity contribution in [2.24, 2.45) is 0 Å². The van der Waals surface area contributed by atoms with Gasteiger partial charge in [0.05, 0.1) is 16.6 Å². The summed E-state index contributed by atoms with van der Waals surface area (Å²) in [6.07, 6.45) is -0.514. The fraction of sp³-hybridized carbons (Fsp3) is 0.381. The fourth-order valence-electron chi connectivity index (χ4n) is 4.00. The van der Waals surface area contributed by atoms with Crippen molar-refractivity contribution in [3.63, 3.8) is 0 Å². The van der Waals surface area contributed by atoms with Gasteiger partial charge in [-0.15, -0.1) is 5.10 Å². The number of carbonyl (C=O) groups excluding carboxylic acids is 1. The summed E-state index contributed by atoms with van der Waals surface area (Å²) in [5.41, 5.74) is 0.420. The smallest absolute Gasteiger partial charge is 0.343 e. The lowest BCUT2D eigenvalue weighted by Crippen LogP contribution is -2.40. The normalized spacial score (nSPS) is 18.5. The van der Waals surface area contributed by atoms with E-state index in [1.54, 1.807) is 27.8 Å². The molecule has 12 heteroatoms. The molecule has 1 aromatic carbocycles. The Kier molecular flexibility index (Phi) is 5.43. The number of alkyl halides is 3. The molecule has 1 aliphatic carbocycles. The van der Waals surface area contributed by atoms with Gasteiger partial charge in [-0.3, -0.25) is 4.79 Å². The van der Waals surface area contributed by atoms with Crippen LogP contribution in [0.3, 0.4) is 0 Å². The standard InChI is InChI=1S/C21H19ClF3N7O/c22-16-10-13(21(23,24)25)11-26-19(16)31-8-2-5-17(31)20(33)27-14-4-1-3-12(9-14)18-28-29-30-32(18)15-6-7-15/h1,3-4,9-11,15,17H,2,5-8H2,(H,27,33)/t17-/m1/s1. The van der Waals surface area contributed by atoms with Crippen molar-refractivity contribution >= 4 is 29.0 Å². The molecule has 1 saturated heterocycles. The van der Waals surface area contributed by atoms with Crippen molar-refractivity contribution in [3.8, 4) is 11.4 Å². The molecule has 2 fully saturated rings. The van der Waals surface area contributed by atoms with Gasteiger partial charge in [0, 0.05) is 24.0 Å². The van der Waals surface area contributed by atoms with Gasteiger partial charge in [-0.25, -0.2) is 9.67 Å². The summed E-state index contributed by atoms with van der Waals surface area (Å²) in [5.74, 6) is 0.515. The largest absolute Gasteiger partial charge is 0.417 e. The number of pyridine rings is 1. The second-order valence-corrected chi connectivity index (χ2v) is 8.53. The molecule has 0 radical (unpaired) electrons. The molecular formula is C21H19ClF3N7O. The molecule has 0 unspecified atom stereocenters. The Hall–Kier alpha value is -3.21. The first kappa shape index (κ1) is 21.6.